The van der Waals surface area contributed by atoms with E-state index in [1.807, 2.05) is 29.2 Å². The minimum Gasteiger partial charge on any atom is -0.493 e. The fraction of sp³-hybridized carbons (Fsp3) is 0.276. The van der Waals surface area contributed by atoms with Crippen LogP contribution < -0.4 is 9.47 Å². The quantitative estimate of drug-likeness (QED) is 0.363. The van der Waals surface area contributed by atoms with E-state index in [0.717, 1.165) is 36.5 Å². The lowest BCUT2D eigenvalue weighted by molar-refractivity contribution is -0.127. The number of benzene rings is 2. The molecule has 1 saturated heterocycles. The van der Waals surface area contributed by atoms with Crippen LogP contribution in [0, 0.1) is 5.82 Å². The van der Waals surface area contributed by atoms with Gasteiger partial charge < -0.3 is 14.4 Å². The molecule has 2 aliphatic rings. The van der Waals surface area contributed by atoms with E-state index in [4.69, 9.17) is 14.5 Å². The second-order valence-electron chi connectivity index (χ2n) is 9.56. The minimum atomic E-state index is -0.332. The number of fused-ring (bicyclic) bond motifs is 2. The second-order valence-corrected chi connectivity index (χ2v) is 9.56. The Morgan fingerprint density at radius 1 is 1.13 bits per heavy atom. The Morgan fingerprint density at radius 3 is 2.74 bits per heavy atom. The van der Waals surface area contributed by atoms with Crippen molar-refractivity contribution in [3.05, 3.63) is 78.6 Å². The molecule has 9 heteroatoms. The van der Waals surface area contributed by atoms with E-state index in [1.54, 1.807) is 23.8 Å². The van der Waals surface area contributed by atoms with Gasteiger partial charge >= 0.3 is 0 Å². The lowest BCUT2D eigenvalue weighted by Gasteiger charge is -2.35. The summed E-state index contributed by atoms with van der Waals surface area (Å²) in [4.78, 5) is 21.0. The maximum atomic E-state index is 14.2. The topological polar surface area (TPSA) is 72.2 Å². The number of halogens is 1. The van der Waals surface area contributed by atoms with Crippen LogP contribution in [-0.2, 0) is 4.79 Å². The van der Waals surface area contributed by atoms with E-state index in [2.05, 4.69) is 22.6 Å². The van der Waals surface area contributed by atoms with Crippen LogP contribution in [0.3, 0.4) is 0 Å². The number of amides is 1. The van der Waals surface area contributed by atoms with Crippen LogP contribution in [0.15, 0.2) is 67.3 Å². The van der Waals surface area contributed by atoms with Crippen LogP contribution in [0.5, 0.6) is 11.6 Å². The van der Waals surface area contributed by atoms with Gasteiger partial charge in [0.05, 0.1) is 19.4 Å². The fourth-order valence-electron chi connectivity index (χ4n) is 5.29. The number of ether oxygens (including phenoxy) is 2. The summed E-state index contributed by atoms with van der Waals surface area (Å²) in [5.41, 5.74) is 4.70. The molecule has 4 heterocycles. The monoisotopic (exact) mass is 513 g/mol. The summed E-state index contributed by atoms with van der Waals surface area (Å²) in [6.45, 7) is 8.14. The molecule has 194 valence electrons. The number of hydrogen-bond acceptors (Lipinski definition) is 6. The van der Waals surface area contributed by atoms with Gasteiger partial charge in [0.25, 0.3) is 0 Å². The Labute approximate surface area is 219 Å². The first-order valence-corrected chi connectivity index (χ1v) is 12.6. The molecule has 0 radical (unpaired) electrons. The van der Waals surface area contributed by atoms with Crippen molar-refractivity contribution in [1.29, 1.82) is 0 Å². The van der Waals surface area contributed by atoms with E-state index >= 15 is 0 Å². The number of methoxy groups -OCH3 is 1. The van der Waals surface area contributed by atoms with Gasteiger partial charge in [-0.25, -0.2) is 13.9 Å². The summed E-state index contributed by atoms with van der Waals surface area (Å²) in [6.07, 6.45) is 1.38. The lowest BCUT2D eigenvalue weighted by atomic mass is 9.97. The van der Waals surface area contributed by atoms with Crippen LogP contribution in [-0.4, -0.2) is 76.7 Å². The Morgan fingerprint density at radius 2 is 1.97 bits per heavy atom. The second kappa shape index (κ2) is 9.90. The van der Waals surface area contributed by atoms with Crippen molar-refractivity contribution in [3.8, 4) is 34.1 Å². The first-order chi connectivity index (χ1) is 18.5. The summed E-state index contributed by atoms with van der Waals surface area (Å²) < 4.78 is 27.4. The maximum absolute atomic E-state index is 14.2. The first-order valence-electron chi connectivity index (χ1n) is 12.6. The summed E-state index contributed by atoms with van der Waals surface area (Å²) in [6, 6.07) is 16.2. The molecule has 0 bridgehead atoms. The van der Waals surface area contributed by atoms with Gasteiger partial charge in [0.2, 0.25) is 11.8 Å². The van der Waals surface area contributed by atoms with E-state index in [0.29, 0.717) is 48.2 Å². The lowest BCUT2D eigenvalue weighted by Crippen LogP contribution is -2.49. The third-order valence-corrected chi connectivity index (χ3v) is 7.26. The normalized spacial score (nSPS) is 17.3. The fourth-order valence-corrected chi connectivity index (χ4v) is 5.29. The van der Waals surface area contributed by atoms with Crippen LogP contribution in [0.25, 0.3) is 28.2 Å². The third kappa shape index (κ3) is 4.39. The Kier molecular flexibility index (Phi) is 6.29. The SMILES string of the molecule is C=CC(=O)N1CCN(CC2COc3cc(-c4nc5ccc(OC)nn5c4-c4cccc(F)c4)ccc32)CC1. The number of carbonyl (C=O) groups is 1. The highest BCUT2D eigenvalue weighted by Gasteiger charge is 2.29. The molecule has 4 aromatic rings. The molecule has 1 amide bonds. The zero-order chi connectivity index (χ0) is 26.2. The summed E-state index contributed by atoms with van der Waals surface area (Å²) in [5, 5.41) is 4.56. The summed E-state index contributed by atoms with van der Waals surface area (Å²) in [5.74, 6) is 1.18. The van der Waals surface area contributed by atoms with E-state index in [-0.39, 0.29) is 17.6 Å². The number of carbonyl (C=O) groups excluding carboxylic acids is 1. The highest BCUT2D eigenvalue weighted by Crippen LogP contribution is 2.40. The van der Waals surface area contributed by atoms with Crippen molar-refractivity contribution < 1.29 is 18.7 Å². The molecule has 0 spiro atoms. The van der Waals surface area contributed by atoms with Gasteiger partial charge in [0.1, 0.15) is 17.3 Å². The number of nitrogens with zero attached hydrogens (tertiary/aromatic N) is 5. The number of aromatic nitrogens is 3. The van der Waals surface area contributed by atoms with Gasteiger partial charge in [-0.05, 0) is 30.3 Å². The van der Waals surface area contributed by atoms with Gasteiger partial charge in [0.15, 0.2) is 5.65 Å². The van der Waals surface area contributed by atoms with Crippen LogP contribution >= 0.6 is 0 Å². The van der Waals surface area contributed by atoms with Crippen molar-refractivity contribution >= 4 is 11.6 Å². The molecule has 1 unspecified atom stereocenters. The molecule has 8 nitrogen and oxygen atoms in total. The molecule has 2 aromatic carbocycles. The predicted octanol–water partition coefficient (Wildman–Crippen LogP) is 4.02. The maximum Gasteiger partial charge on any atom is 0.246 e. The standard InChI is InChI=1S/C29H28FN5O3/c1-3-27(36)34-13-11-33(12-14-34)17-21-18-38-24-16-19(7-8-23(21)24)28-29(20-5-4-6-22(30)15-20)35-25(31-28)9-10-26(32-35)37-2/h3-10,15-16,21H,1,11-14,17-18H2,2H3. The largest absolute Gasteiger partial charge is 0.493 e. The molecule has 0 aliphatic carbocycles. The average Bonchev–Trinajstić information content (AvgIpc) is 3.53. The molecule has 1 atom stereocenters. The van der Waals surface area contributed by atoms with Crippen LogP contribution in [0.4, 0.5) is 4.39 Å². The van der Waals surface area contributed by atoms with Crippen molar-refractivity contribution in [2.45, 2.75) is 5.92 Å². The van der Waals surface area contributed by atoms with E-state index in [1.165, 1.54) is 18.2 Å². The smallest absolute Gasteiger partial charge is 0.246 e. The molecular weight excluding hydrogens is 485 g/mol. The van der Waals surface area contributed by atoms with E-state index < -0.39 is 0 Å². The zero-order valence-corrected chi connectivity index (χ0v) is 21.1. The average molecular weight is 514 g/mol. The van der Waals surface area contributed by atoms with Crippen LogP contribution in [0.1, 0.15) is 11.5 Å². The predicted molar refractivity (Wildman–Crippen MR) is 142 cm³/mol. The molecular formula is C29H28FN5O3. The van der Waals surface area contributed by atoms with Crippen molar-refractivity contribution in [2.24, 2.45) is 0 Å². The van der Waals surface area contributed by atoms with Gasteiger partial charge in [0, 0.05) is 61.4 Å². The van der Waals surface area contributed by atoms with Gasteiger partial charge in [-0.15, -0.1) is 5.10 Å². The van der Waals surface area contributed by atoms with Gasteiger partial charge in [-0.1, -0.05) is 30.8 Å². The van der Waals surface area contributed by atoms with Crippen LogP contribution in [0.2, 0.25) is 0 Å². The molecule has 38 heavy (non-hydrogen) atoms. The minimum absolute atomic E-state index is 0.00933. The van der Waals surface area contributed by atoms with Gasteiger partial charge in [-0.3, -0.25) is 9.69 Å². The van der Waals surface area contributed by atoms with Crippen molar-refractivity contribution in [2.75, 3.05) is 46.4 Å². The molecule has 2 aromatic heterocycles. The first kappa shape index (κ1) is 24.1. The van der Waals surface area contributed by atoms with Crippen molar-refractivity contribution in [3.63, 3.8) is 0 Å². The molecule has 6 rings (SSSR count). The molecule has 0 saturated carbocycles. The Balaban J connectivity index is 1.30. The highest BCUT2D eigenvalue weighted by molar-refractivity contribution is 5.87. The molecule has 0 N–H and O–H groups in total. The van der Waals surface area contributed by atoms with E-state index in [9.17, 15) is 9.18 Å². The Bertz CT molecular complexity index is 1530. The number of piperazine rings is 1. The number of rotatable bonds is 6. The number of hydrogen-bond donors (Lipinski definition) is 0. The third-order valence-electron chi connectivity index (χ3n) is 7.26. The van der Waals surface area contributed by atoms with Gasteiger partial charge in [-0.2, -0.15) is 0 Å². The molecule has 2 aliphatic heterocycles. The summed E-state index contributed by atoms with van der Waals surface area (Å²) >= 11 is 0. The van der Waals surface area contributed by atoms with Crippen molar-refractivity contribution in [1.82, 2.24) is 24.4 Å². The summed E-state index contributed by atoms with van der Waals surface area (Å²) in [7, 11) is 1.56. The Hall–Kier alpha value is -4.24. The number of imidazole rings is 1. The zero-order valence-electron chi connectivity index (χ0n) is 21.1. The highest BCUT2D eigenvalue weighted by atomic mass is 19.1. The molecule has 1 fully saturated rings.